The molecule has 0 aliphatic rings. The van der Waals surface area contributed by atoms with E-state index in [1.54, 1.807) is 12.1 Å². The Balaban J connectivity index is 2.58. The highest BCUT2D eigenvalue weighted by Crippen LogP contribution is 2.17. The van der Waals surface area contributed by atoms with E-state index in [9.17, 15) is 4.79 Å². The molecule has 0 radical (unpaired) electrons. The Morgan fingerprint density at radius 1 is 1.53 bits per heavy atom. The molecule has 0 aliphatic carbocycles. The van der Waals surface area contributed by atoms with Crippen LogP contribution in [0.25, 0.3) is 0 Å². The maximum absolute atomic E-state index is 11.8. The minimum atomic E-state index is -0.167. The number of carbonyl (C=O) groups is 1. The van der Waals surface area contributed by atoms with E-state index < -0.39 is 0 Å². The number of rotatable bonds is 5. The van der Waals surface area contributed by atoms with Gasteiger partial charge < -0.3 is 10.4 Å². The molecule has 0 heterocycles. The van der Waals surface area contributed by atoms with Crippen LogP contribution in [0, 0.1) is 12.8 Å². The lowest BCUT2D eigenvalue weighted by Crippen LogP contribution is -2.28. The van der Waals surface area contributed by atoms with Gasteiger partial charge in [-0.1, -0.05) is 24.6 Å². The highest BCUT2D eigenvalue weighted by Gasteiger charge is 2.11. The zero-order valence-corrected chi connectivity index (χ0v) is 10.9. The summed E-state index contributed by atoms with van der Waals surface area (Å²) in [4.78, 5) is 11.8. The van der Waals surface area contributed by atoms with E-state index in [0.717, 1.165) is 5.56 Å². The van der Waals surface area contributed by atoms with Gasteiger partial charge in [-0.25, -0.2) is 0 Å². The van der Waals surface area contributed by atoms with Gasteiger partial charge in [-0.15, -0.1) is 0 Å². The van der Waals surface area contributed by atoms with Gasteiger partial charge in [0.25, 0.3) is 5.91 Å². The normalized spacial score (nSPS) is 12.2. The maximum Gasteiger partial charge on any atom is 0.252 e. The van der Waals surface area contributed by atoms with Crippen molar-refractivity contribution in [3.05, 3.63) is 34.3 Å². The number of carbonyl (C=O) groups excluding carboxylic acids is 1. The standard InChI is InChI=1S/C13H18ClNO2/c1-9-3-4-11(12(14)7-9)13(17)15-8-10(2)5-6-16/h3-4,7,10,16H,5-6,8H2,1-2H3,(H,15,17)/t10-/m1/s1. The van der Waals surface area contributed by atoms with Gasteiger partial charge >= 0.3 is 0 Å². The Morgan fingerprint density at radius 3 is 2.82 bits per heavy atom. The molecule has 17 heavy (non-hydrogen) atoms. The van der Waals surface area contributed by atoms with Gasteiger partial charge in [0.2, 0.25) is 0 Å². The van der Waals surface area contributed by atoms with Crippen LogP contribution >= 0.6 is 11.6 Å². The van der Waals surface area contributed by atoms with Crippen LogP contribution in [0.5, 0.6) is 0 Å². The second kappa shape index (κ2) is 6.62. The number of benzene rings is 1. The average molecular weight is 256 g/mol. The van der Waals surface area contributed by atoms with Crippen LogP contribution < -0.4 is 5.32 Å². The van der Waals surface area contributed by atoms with Crippen LogP contribution in [-0.2, 0) is 0 Å². The van der Waals surface area contributed by atoms with E-state index in [0.29, 0.717) is 23.6 Å². The SMILES string of the molecule is Cc1ccc(C(=O)NC[C@H](C)CCO)c(Cl)c1. The van der Waals surface area contributed by atoms with E-state index >= 15 is 0 Å². The van der Waals surface area contributed by atoms with Crippen LogP contribution in [0.3, 0.4) is 0 Å². The molecule has 0 bridgehead atoms. The summed E-state index contributed by atoms with van der Waals surface area (Å²) in [5.74, 6) is 0.0907. The second-order valence-electron chi connectivity index (χ2n) is 4.31. The van der Waals surface area contributed by atoms with E-state index in [-0.39, 0.29) is 18.4 Å². The van der Waals surface area contributed by atoms with Gasteiger partial charge in [-0.2, -0.15) is 0 Å². The van der Waals surface area contributed by atoms with Crippen molar-refractivity contribution in [2.75, 3.05) is 13.2 Å². The molecule has 0 aliphatic heterocycles. The van der Waals surface area contributed by atoms with Gasteiger partial charge in [0, 0.05) is 13.2 Å². The maximum atomic E-state index is 11.8. The smallest absolute Gasteiger partial charge is 0.252 e. The van der Waals surface area contributed by atoms with Crippen LogP contribution in [0.15, 0.2) is 18.2 Å². The van der Waals surface area contributed by atoms with Crippen molar-refractivity contribution < 1.29 is 9.90 Å². The molecular weight excluding hydrogens is 238 g/mol. The minimum Gasteiger partial charge on any atom is -0.396 e. The van der Waals surface area contributed by atoms with Crippen molar-refractivity contribution in [3.63, 3.8) is 0 Å². The fourth-order valence-electron chi connectivity index (χ4n) is 1.49. The third-order valence-corrected chi connectivity index (χ3v) is 2.91. The van der Waals surface area contributed by atoms with Crippen molar-refractivity contribution in [2.24, 2.45) is 5.92 Å². The van der Waals surface area contributed by atoms with Crippen LogP contribution in [0.1, 0.15) is 29.3 Å². The molecule has 0 saturated carbocycles. The third kappa shape index (κ3) is 4.36. The quantitative estimate of drug-likeness (QED) is 0.849. The summed E-state index contributed by atoms with van der Waals surface area (Å²) >= 11 is 6.00. The summed E-state index contributed by atoms with van der Waals surface area (Å²) < 4.78 is 0. The Labute approximate surface area is 107 Å². The first-order valence-corrected chi connectivity index (χ1v) is 6.07. The number of hydrogen-bond donors (Lipinski definition) is 2. The molecule has 0 spiro atoms. The molecule has 0 unspecified atom stereocenters. The molecule has 94 valence electrons. The molecule has 1 atom stereocenters. The number of amides is 1. The van der Waals surface area contributed by atoms with E-state index in [4.69, 9.17) is 16.7 Å². The van der Waals surface area contributed by atoms with Crippen molar-refractivity contribution in [3.8, 4) is 0 Å². The predicted molar refractivity (Wildman–Crippen MR) is 69.4 cm³/mol. The lowest BCUT2D eigenvalue weighted by atomic mass is 10.1. The summed E-state index contributed by atoms with van der Waals surface area (Å²) in [7, 11) is 0. The number of aliphatic hydroxyl groups excluding tert-OH is 1. The highest BCUT2D eigenvalue weighted by molar-refractivity contribution is 6.33. The van der Waals surface area contributed by atoms with Crippen molar-refractivity contribution in [1.29, 1.82) is 0 Å². The van der Waals surface area contributed by atoms with E-state index in [1.165, 1.54) is 0 Å². The molecule has 3 nitrogen and oxygen atoms in total. The molecule has 1 aromatic carbocycles. The topological polar surface area (TPSA) is 49.3 Å². The number of aliphatic hydroxyl groups is 1. The first-order valence-electron chi connectivity index (χ1n) is 5.69. The summed E-state index contributed by atoms with van der Waals surface area (Å²) in [6.07, 6.45) is 0.682. The number of aryl methyl sites for hydroxylation is 1. The Hall–Kier alpha value is -1.06. The summed E-state index contributed by atoms with van der Waals surface area (Å²) in [5, 5.41) is 12.0. The monoisotopic (exact) mass is 255 g/mol. The molecule has 1 amide bonds. The Kier molecular flexibility index (Phi) is 5.45. The molecular formula is C13H18ClNO2. The predicted octanol–water partition coefficient (Wildman–Crippen LogP) is 2.40. The fourth-order valence-corrected chi connectivity index (χ4v) is 1.81. The van der Waals surface area contributed by atoms with Crippen LogP contribution in [0.4, 0.5) is 0 Å². The molecule has 1 rings (SSSR count). The lowest BCUT2D eigenvalue weighted by Gasteiger charge is -2.12. The molecule has 0 aromatic heterocycles. The van der Waals surface area contributed by atoms with E-state index in [2.05, 4.69) is 5.32 Å². The first kappa shape index (κ1) is 14.0. The number of nitrogens with one attached hydrogen (secondary N) is 1. The fraction of sp³-hybridized carbons (Fsp3) is 0.462. The third-order valence-electron chi connectivity index (χ3n) is 2.60. The van der Waals surface area contributed by atoms with Crippen LogP contribution in [-0.4, -0.2) is 24.2 Å². The summed E-state index contributed by atoms with van der Waals surface area (Å²) in [6, 6.07) is 5.36. The number of halogens is 1. The molecule has 0 fully saturated rings. The minimum absolute atomic E-state index is 0.141. The van der Waals surface area contributed by atoms with Crippen LogP contribution in [0.2, 0.25) is 5.02 Å². The summed E-state index contributed by atoms with van der Waals surface area (Å²) in [6.45, 7) is 4.59. The summed E-state index contributed by atoms with van der Waals surface area (Å²) in [5.41, 5.74) is 1.52. The Morgan fingerprint density at radius 2 is 2.24 bits per heavy atom. The lowest BCUT2D eigenvalue weighted by molar-refractivity contribution is 0.0945. The van der Waals surface area contributed by atoms with Gasteiger partial charge in [0.15, 0.2) is 0 Å². The van der Waals surface area contributed by atoms with Gasteiger partial charge in [0.1, 0.15) is 0 Å². The van der Waals surface area contributed by atoms with Gasteiger partial charge in [-0.05, 0) is 37.0 Å². The molecule has 1 aromatic rings. The van der Waals surface area contributed by atoms with Gasteiger partial charge in [-0.3, -0.25) is 4.79 Å². The zero-order chi connectivity index (χ0) is 12.8. The highest BCUT2D eigenvalue weighted by atomic mass is 35.5. The van der Waals surface area contributed by atoms with Crippen molar-refractivity contribution in [2.45, 2.75) is 20.3 Å². The zero-order valence-electron chi connectivity index (χ0n) is 10.2. The largest absolute Gasteiger partial charge is 0.396 e. The first-order chi connectivity index (χ1) is 8.04. The molecule has 4 heteroatoms. The van der Waals surface area contributed by atoms with E-state index in [1.807, 2.05) is 19.9 Å². The second-order valence-corrected chi connectivity index (χ2v) is 4.72. The molecule has 2 N–H and O–H groups in total. The average Bonchev–Trinajstić information content (AvgIpc) is 2.26. The van der Waals surface area contributed by atoms with Crippen molar-refractivity contribution in [1.82, 2.24) is 5.32 Å². The number of hydrogen-bond acceptors (Lipinski definition) is 2. The van der Waals surface area contributed by atoms with Crippen molar-refractivity contribution >= 4 is 17.5 Å². The molecule has 0 saturated heterocycles. The van der Waals surface area contributed by atoms with Gasteiger partial charge in [0.05, 0.1) is 10.6 Å². The Bertz CT molecular complexity index is 393.